The van der Waals surface area contributed by atoms with E-state index in [1.165, 1.54) is 0 Å². The van der Waals surface area contributed by atoms with Gasteiger partial charge in [0.15, 0.2) is 5.96 Å². The number of furan rings is 1. The van der Waals surface area contributed by atoms with Crippen molar-refractivity contribution in [3.05, 3.63) is 36.8 Å². The van der Waals surface area contributed by atoms with Crippen molar-refractivity contribution in [2.75, 3.05) is 39.5 Å². The summed E-state index contributed by atoms with van der Waals surface area (Å²) in [6.45, 7) is 8.18. The molecule has 1 aromatic rings. The molecule has 24 heavy (non-hydrogen) atoms. The van der Waals surface area contributed by atoms with Gasteiger partial charge in [-0.15, -0.1) is 6.58 Å². The molecular formula is C18H29N3O3. The van der Waals surface area contributed by atoms with Crippen LogP contribution in [0.25, 0.3) is 0 Å². The quantitative estimate of drug-likeness (QED) is 0.281. The SMILES string of the molecule is C=CCNC(=NCCCOCC1CCCO1)NCCc1ccco1. The maximum Gasteiger partial charge on any atom is 0.191 e. The van der Waals surface area contributed by atoms with Crippen LogP contribution < -0.4 is 10.6 Å². The summed E-state index contributed by atoms with van der Waals surface area (Å²) in [5, 5.41) is 6.51. The molecule has 2 rings (SSSR count). The highest BCUT2D eigenvalue weighted by Crippen LogP contribution is 2.11. The van der Waals surface area contributed by atoms with Crippen LogP contribution in [-0.4, -0.2) is 51.5 Å². The van der Waals surface area contributed by atoms with Gasteiger partial charge in [0.25, 0.3) is 0 Å². The normalized spacial score (nSPS) is 17.8. The fourth-order valence-electron chi connectivity index (χ4n) is 2.45. The van der Waals surface area contributed by atoms with Crippen molar-refractivity contribution in [3.8, 4) is 0 Å². The van der Waals surface area contributed by atoms with E-state index in [9.17, 15) is 0 Å². The van der Waals surface area contributed by atoms with Gasteiger partial charge in [-0.2, -0.15) is 0 Å². The first-order valence-corrected chi connectivity index (χ1v) is 8.73. The molecule has 1 aliphatic rings. The molecule has 1 saturated heterocycles. The van der Waals surface area contributed by atoms with Gasteiger partial charge in [0, 0.05) is 39.3 Å². The Labute approximate surface area is 144 Å². The highest BCUT2D eigenvalue weighted by atomic mass is 16.5. The van der Waals surface area contributed by atoms with E-state index in [0.717, 1.165) is 57.1 Å². The molecule has 0 aliphatic carbocycles. The van der Waals surface area contributed by atoms with Gasteiger partial charge in [-0.25, -0.2) is 0 Å². The molecule has 1 atom stereocenters. The van der Waals surface area contributed by atoms with Gasteiger partial charge < -0.3 is 24.5 Å². The van der Waals surface area contributed by atoms with Gasteiger partial charge in [-0.05, 0) is 31.4 Å². The summed E-state index contributed by atoms with van der Waals surface area (Å²) in [5.41, 5.74) is 0. The Hall–Kier alpha value is -1.79. The van der Waals surface area contributed by atoms with Crippen LogP contribution in [0, 0.1) is 0 Å². The molecule has 0 amide bonds. The van der Waals surface area contributed by atoms with Crippen LogP contribution in [0.3, 0.4) is 0 Å². The Morgan fingerprint density at radius 3 is 3.17 bits per heavy atom. The lowest BCUT2D eigenvalue weighted by atomic mass is 10.2. The standard InChI is InChI=1S/C18H29N3O3/c1-2-9-19-18(21-11-8-16-6-3-13-23-16)20-10-5-12-22-15-17-7-4-14-24-17/h2-3,6,13,17H,1,4-5,7-12,14-15H2,(H2,19,20,21). The van der Waals surface area contributed by atoms with E-state index in [2.05, 4.69) is 22.2 Å². The maximum absolute atomic E-state index is 5.65. The summed E-state index contributed by atoms with van der Waals surface area (Å²) in [6, 6.07) is 3.87. The number of guanidine groups is 1. The highest BCUT2D eigenvalue weighted by Gasteiger charge is 2.14. The molecule has 6 nitrogen and oxygen atoms in total. The molecule has 0 saturated carbocycles. The smallest absolute Gasteiger partial charge is 0.191 e. The Morgan fingerprint density at radius 1 is 1.46 bits per heavy atom. The van der Waals surface area contributed by atoms with Crippen molar-refractivity contribution in [2.24, 2.45) is 4.99 Å². The minimum Gasteiger partial charge on any atom is -0.469 e. The lowest BCUT2D eigenvalue weighted by Crippen LogP contribution is -2.38. The monoisotopic (exact) mass is 335 g/mol. The highest BCUT2D eigenvalue weighted by molar-refractivity contribution is 5.79. The third-order valence-electron chi connectivity index (χ3n) is 3.70. The average Bonchev–Trinajstić information content (AvgIpc) is 3.28. The Morgan fingerprint density at radius 2 is 2.42 bits per heavy atom. The van der Waals surface area contributed by atoms with Crippen LogP contribution in [-0.2, 0) is 15.9 Å². The molecule has 1 aromatic heterocycles. The Kier molecular flexibility index (Phi) is 9.04. The molecule has 1 fully saturated rings. The van der Waals surface area contributed by atoms with Crippen molar-refractivity contribution >= 4 is 5.96 Å². The first-order valence-electron chi connectivity index (χ1n) is 8.73. The lowest BCUT2D eigenvalue weighted by molar-refractivity contribution is 0.0171. The van der Waals surface area contributed by atoms with E-state index in [1.54, 1.807) is 6.26 Å². The molecular weight excluding hydrogens is 306 g/mol. The second kappa shape index (κ2) is 11.7. The minimum absolute atomic E-state index is 0.293. The van der Waals surface area contributed by atoms with Gasteiger partial charge in [-0.1, -0.05) is 6.08 Å². The second-order valence-electron chi connectivity index (χ2n) is 5.72. The number of hydrogen-bond donors (Lipinski definition) is 2. The van der Waals surface area contributed by atoms with Crippen molar-refractivity contribution < 1.29 is 13.9 Å². The summed E-state index contributed by atoms with van der Waals surface area (Å²) < 4.78 is 16.5. The third kappa shape index (κ3) is 7.66. The van der Waals surface area contributed by atoms with Crippen molar-refractivity contribution in [2.45, 2.75) is 31.8 Å². The summed E-state index contributed by atoms with van der Waals surface area (Å²) in [7, 11) is 0. The topological polar surface area (TPSA) is 68.0 Å². The molecule has 1 unspecified atom stereocenters. The van der Waals surface area contributed by atoms with Gasteiger partial charge in [0.1, 0.15) is 5.76 Å². The molecule has 2 heterocycles. The molecule has 0 spiro atoms. The molecule has 0 bridgehead atoms. The number of nitrogens with zero attached hydrogens (tertiary/aromatic N) is 1. The lowest BCUT2D eigenvalue weighted by Gasteiger charge is -2.11. The van der Waals surface area contributed by atoms with E-state index >= 15 is 0 Å². The number of nitrogens with one attached hydrogen (secondary N) is 2. The first-order chi connectivity index (χ1) is 11.9. The summed E-state index contributed by atoms with van der Waals surface area (Å²) in [6.07, 6.45) is 7.79. The molecule has 2 N–H and O–H groups in total. The van der Waals surface area contributed by atoms with Gasteiger partial charge >= 0.3 is 0 Å². The fourth-order valence-corrected chi connectivity index (χ4v) is 2.45. The zero-order valence-corrected chi connectivity index (χ0v) is 14.3. The minimum atomic E-state index is 0.293. The molecule has 0 aromatic carbocycles. The number of aliphatic imine (C=N–C) groups is 1. The van der Waals surface area contributed by atoms with Gasteiger partial charge in [0.2, 0.25) is 0 Å². The van der Waals surface area contributed by atoms with Gasteiger partial charge in [0.05, 0.1) is 19.0 Å². The Balaban J connectivity index is 1.58. The summed E-state index contributed by atoms with van der Waals surface area (Å²) >= 11 is 0. The zero-order valence-electron chi connectivity index (χ0n) is 14.3. The van der Waals surface area contributed by atoms with Gasteiger partial charge in [-0.3, -0.25) is 4.99 Å². The number of hydrogen-bond acceptors (Lipinski definition) is 4. The van der Waals surface area contributed by atoms with E-state index in [1.807, 2.05) is 18.2 Å². The summed E-state index contributed by atoms with van der Waals surface area (Å²) in [4.78, 5) is 4.55. The molecule has 0 radical (unpaired) electrons. The third-order valence-corrected chi connectivity index (χ3v) is 3.70. The van der Waals surface area contributed by atoms with Crippen LogP contribution in [0.15, 0.2) is 40.5 Å². The van der Waals surface area contributed by atoms with E-state index < -0.39 is 0 Å². The van der Waals surface area contributed by atoms with E-state index in [4.69, 9.17) is 13.9 Å². The van der Waals surface area contributed by atoms with Crippen LogP contribution >= 0.6 is 0 Å². The zero-order chi connectivity index (χ0) is 16.9. The Bertz CT molecular complexity index is 468. The van der Waals surface area contributed by atoms with Crippen molar-refractivity contribution in [3.63, 3.8) is 0 Å². The van der Waals surface area contributed by atoms with E-state index in [0.29, 0.717) is 25.9 Å². The van der Waals surface area contributed by atoms with Crippen LogP contribution in [0.4, 0.5) is 0 Å². The van der Waals surface area contributed by atoms with Crippen LogP contribution in [0.2, 0.25) is 0 Å². The van der Waals surface area contributed by atoms with Crippen molar-refractivity contribution in [1.29, 1.82) is 0 Å². The predicted octanol–water partition coefficient (Wildman–Crippen LogP) is 2.13. The predicted molar refractivity (Wildman–Crippen MR) is 95.3 cm³/mol. The van der Waals surface area contributed by atoms with Crippen LogP contribution in [0.1, 0.15) is 25.0 Å². The van der Waals surface area contributed by atoms with Crippen molar-refractivity contribution in [1.82, 2.24) is 10.6 Å². The summed E-state index contributed by atoms with van der Waals surface area (Å²) in [5.74, 6) is 1.76. The fraction of sp³-hybridized carbons (Fsp3) is 0.611. The molecule has 134 valence electrons. The second-order valence-corrected chi connectivity index (χ2v) is 5.72. The average molecular weight is 335 g/mol. The van der Waals surface area contributed by atoms with E-state index in [-0.39, 0.29) is 0 Å². The molecule has 1 aliphatic heterocycles. The number of ether oxygens (including phenoxy) is 2. The molecule has 6 heteroatoms. The first kappa shape index (κ1) is 18.5. The maximum atomic E-state index is 5.65. The van der Waals surface area contributed by atoms with Crippen LogP contribution in [0.5, 0.6) is 0 Å². The number of rotatable bonds is 11. The largest absolute Gasteiger partial charge is 0.469 e.